The molecule has 0 radical (unpaired) electrons. The van der Waals surface area contributed by atoms with Crippen LogP contribution < -0.4 is 16.6 Å². The molecule has 5 heteroatoms. The summed E-state index contributed by atoms with van der Waals surface area (Å²) >= 11 is 0. The van der Waals surface area contributed by atoms with E-state index < -0.39 is 0 Å². The zero-order chi connectivity index (χ0) is 10.9. The van der Waals surface area contributed by atoms with Gasteiger partial charge in [-0.2, -0.15) is 0 Å². The van der Waals surface area contributed by atoms with Crippen LogP contribution in [0.1, 0.15) is 18.9 Å². The van der Waals surface area contributed by atoms with Crippen molar-refractivity contribution in [3.05, 3.63) is 30.1 Å². The monoisotopic (exact) mass is 207 g/mol. The van der Waals surface area contributed by atoms with E-state index in [-0.39, 0.29) is 0 Å². The summed E-state index contributed by atoms with van der Waals surface area (Å²) in [5, 5.41) is 3.08. The highest BCUT2D eigenvalue weighted by atomic mass is 15.3. The fourth-order valence-electron chi connectivity index (χ4n) is 1.06. The molecule has 0 unspecified atom stereocenters. The smallest absolute Gasteiger partial charge is 0.206 e. The second-order valence-corrected chi connectivity index (χ2v) is 3.10. The lowest BCUT2D eigenvalue weighted by Crippen LogP contribution is -2.41. The number of guanidine groups is 1. The molecule has 1 aromatic rings. The van der Waals surface area contributed by atoms with Crippen molar-refractivity contribution in [2.75, 3.05) is 6.54 Å². The van der Waals surface area contributed by atoms with Gasteiger partial charge in [-0.15, -0.1) is 0 Å². The van der Waals surface area contributed by atoms with Gasteiger partial charge >= 0.3 is 0 Å². The van der Waals surface area contributed by atoms with Crippen molar-refractivity contribution in [1.82, 2.24) is 15.7 Å². The van der Waals surface area contributed by atoms with Crippen LogP contribution >= 0.6 is 0 Å². The number of aromatic nitrogens is 1. The van der Waals surface area contributed by atoms with E-state index in [0.29, 0.717) is 12.5 Å². The summed E-state index contributed by atoms with van der Waals surface area (Å²) in [6.07, 6.45) is 4.57. The predicted octanol–water partition coefficient (Wildman–Crippen LogP) is 0.401. The number of nitrogens with one attached hydrogen (secondary N) is 2. The van der Waals surface area contributed by atoms with Crippen LogP contribution in [0, 0.1) is 0 Å². The number of nitrogens with two attached hydrogens (primary N) is 1. The van der Waals surface area contributed by atoms with Crippen LogP contribution in [0.2, 0.25) is 0 Å². The van der Waals surface area contributed by atoms with E-state index >= 15 is 0 Å². The van der Waals surface area contributed by atoms with Crippen LogP contribution in [-0.2, 0) is 6.54 Å². The highest BCUT2D eigenvalue weighted by molar-refractivity contribution is 5.79. The summed E-state index contributed by atoms with van der Waals surface area (Å²) in [6, 6.07) is 3.87. The zero-order valence-electron chi connectivity index (χ0n) is 8.90. The van der Waals surface area contributed by atoms with Crippen molar-refractivity contribution >= 4 is 5.96 Å². The maximum absolute atomic E-state index is 5.32. The van der Waals surface area contributed by atoms with E-state index in [1.165, 1.54) is 0 Å². The normalized spacial score (nSPS) is 11.2. The van der Waals surface area contributed by atoms with E-state index in [0.717, 1.165) is 18.5 Å². The topological polar surface area (TPSA) is 75.3 Å². The predicted molar refractivity (Wildman–Crippen MR) is 61.0 cm³/mol. The van der Waals surface area contributed by atoms with E-state index in [1.54, 1.807) is 12.4 Å². The van der Waals surface area contributed by atoms with Crippen molar-refractivity contribution in [1.29, 1.82) is 0 Å². The molecular formula is C10H17N5. The Hall–Kier alpha value is -1.62. The van der Waals surface area contributed by atoms with Gasteiger partial charge in [0.2, 0.25) is 5.96 Å². The molecule has 1 heterocycles. The van der Waals surface area contributed by atoms with Gasteiger partial charge in [0.05, 0.1) is 6.54 Å². The summed E-state index contributed by atoms with van der Waals surface area (Å²) in [6.45, 7) is 3.52. The molecular weight excluding hydrogens is 190 g/mol. The van der Waals surface area contributed by atoms with Crippen molar-refractivity contribution in [2.24, 2.45) is 10.8 Å². The molecule has 0 saturated carbocycles. The minimum Gasteiger partial charge on any atom is -0.355 e. The van der Waals surface area contributed by atoms with Crippen LogP contribution in [0.25, 0.3) is 0 Å². The molecule has 0 aromatic carbocycles. The maximum Gasteiger partial charge on any atom is 0.206 e. The molecule has 0 atom stereocenters. The molecule has 5 nitrogen and oxygen atoms in total. The minimum absolute atomic E-state index is 0.573. The maximum atomic E-state index is 5.32. The van der Waals surface area contributed by atoms with Crippen molar-refractivity contribution < 1.29 is 0 Å². The number of aliphatic imine (C=N–C) groups is 1. The first-order valence-electron chi connectivity index (χ1n) is 5.00. The third kappa shape index (κ3) is 4.42. The molecule has 0 spiro atoms. The third-order valence-electron chi connectivity index (χ3n) is 1.82. The second-order valence-electron chi connectivity index (χ2n) is 3.10. The van der Waals surface area contributed by atoms with Gasteiger partial charge in [0.1, 0.15) is 0 Å². The second kappa shape index (κ2) is 6.78. The number of nitrogens with zero attached hydrogens (tertiary/aromatic N) is 2. The van der Waals surface area contributed by atoms with Gasteiger partial charge in [-0.25, -0.2) is 10.8 Å². The first kappa shape index (κ1) is 11.5. The zero-order valence-corrected chi connectivity index (χ0v) is 8.90. The highest BCUT2D eigenvalue weighted by Gasteiger charge is 1.94. The summed E-state index contributed by atoms with van der Waals surface area (Å²) in [7, 11) is 0. The summed E-state index contributed by atoms with van der Waals surface area (Å²) in [5.74, 6) is 5.93. The van der Waals surface area contributed by atoms with Crippen LogP contribution in [0.5, 0.6) is 0 Å². The van der Waals surface area contributed by atoms with Gasteiger partial charge in [-0.1, -0.05) is 13.0 Å². The Bertz CT molecular complexity index is 296. The Morgan fingerprint density at radius 2 is 2.47 bits per heavy atom. The van der Waals surface area contributed by atoms with E-state index in [9.17, 15) is 0 Å². The van der Waals surface area contributed by atoms with Crippen molar-refractivity contribution in [2.45, 2.75) is 19.9 Å². The molecule has 4 N–H and O–H groups in total. The highest BCUT2D eigenvalue weighted by Crippen LogP contribution is 1.97. The molecule has 0 saturated heterocycles. The van der Waals surface area contributed by atoms with Crippen LogP contribution in [0.4, 0.5) is 0 Å². The largest absolute Gasteiger partial charge is 0.355 e. The minimum atomic E-state index is 0.573. The van der Waals surface area contributed by atoms with Gasteiger partial charge in [0.25, 0.3) is 0 Å². The van der Waals surface area contributed by atoms with E-state index in [4.69, 9.17) is 5.84 Å². The SMILES string of the molecule is CCCNC(=NCc1cccnc1)NN. The molecule has 82 valence electrons. The van der Waals surface area contributed by atoms with Gasteiger partial charge in [0, 0.05) is 18.9 Å². The molecule has 0 aliphatic carbocycles. The number of rotatable bonds is 4. The van der Waals surface area contributed by atoms with Crippen LogP contribution in [-0.4, -0.2) is 17.5 Å². The quantitative estimate of drug-likeness (QED) is 0.289. The molecule has 1 aromatic heterocycles. The lowest BCUT2D eigenvalue weighted by atomic mass is 10.3. The van der Waals surface area contributed by atoms with E-state index in [1.807, 2.05) is 12.1 Å². The Labute approximate surface area is 89.8 Å². The standard InChI is InChI=1S/C10H17N5/c1-2-5-13-10(15-11)14-8-9-4-3-6-12-7-9/h3-4,6-7H,2,5,8,11H2,1H3,(H2,13,14,15). The number of hydrogen-bond acceptors (Lipinski definition) is 3. The number of hydrogen-bond donors (Lipinski definition) is 3. The fourth-order valence-corrected chi connectivity index (χ4v) is 1.06. The lowest BCUT2D eigenvalue weighted by molar-refractivity contribution is 0.790. The molecule has 0 amide bonds. The number of pyridine rings is 1. The van der Waals surface area contributed by atoms with Gasteiger partial charge in [-0.05, 0) is 18.1 Å². The summed E-state index contributed by atoms with van der Waals surface area (Å²) < 4.78 is 0. The summed E-state index contributed by atoms with van der Waals surface area (Å²) in [4.78, 5) is 8.29. The Morgan fingerprint density at radius 1 is 1.60 bits per heavy atom. The first-order valence-corrected chi connectivity index (χ1v) is 5.00. The third-order valence-corrected chi connectivity index (χ3v) is 1.82. The molecule has 1 rings (SSSR count). The van der Waals surface area contributed by atoms with E-state index in [2.05, 4.69) is 27.6 Å². The van der Waals surface area contributed by atoms with Crippen LogP contribution in [0.15, 0.2) is 29.5 Å². The first-order chi connectivity index (χ1) is 7.36. The van der Waals surface area contributed by atoms with Crippen molar-refractivity contribution in [3.8, 4) is 0 Å². The Kier molecular flexibility index (Phi) is 5.18. The van der Waals surface area contributed by atoms with Crippen LogP contribution in [0.3, 0.4) is 0 Å². The molecule has 0 aliphatic heterocycles. The molecule has 0 bridgehead atoms. The van der Waals surface area contributed by atoms with Crippen molar-refractivity contribution in [3.63, 3.8) is 0 Å². The molecule has 15 heavy (non-hydrogen) atoms. The van der Waals surface area contributed by atoms with Gasteiger partial charge in [0.15, 0.2) is 0 Å². The number of hydrazine groups is 1. The Morgan fingerprint density at radius 3 is 3.07 bits per heavy atom. The Balaban J connectivity index is 2.47. The van der Waals surface area contributed by atoms with Gasteiger partial charge < -0.3 is 5.32 Å². The molecule has 0 fully saturated rings. The average Bonchev–Trinajstić information content (AvgIpc) is 2.31. The average molecular weight is 207 g/mol. The molecule has 0 aliphatic rings. The summed E-state index contributed by atoms with van der Waals surface area (Å²) in [5.41, 5.74) is 3.58. The van der Waals surface area contributed by atoms with Gasteiger partial charge in [-0.3, -0.25) is 10.4 Å². The lowest BCUT2D eigenvalue weighted by Gasteiger charge is -2.07. The fraction of sp³-hybridized carbons (Fsp3) is 0.400.